The molecule has 4 nitrogen and oxygen atoms in total. The van der Waals surface area contributed by atoms with Crippen LogP contribution in [0.4, 0.5) is 5.95 Å². The Morgan fingerprint density at radius 3 is 2.58 bits per heavy atom. The number of nitrogens with one attached hydrogen (secondary N) is 1. The van der Waals surface area contributed by atoms with Crippen LogP contribution in [-0.2, 0) is 4.74 Å². The molecule has 1 N–H and O–H groups in total. The summed E-state index contributed by atoms with van der Waals surface area (Å²) in [5.74, 6) is 1.15. The molecule has 0 aliphatic rings. The van der Waals surface area contributed by atoms with Gasteiger partial charge in [0, 0.05) is 31.6 Å². The fraction of sp³-hybridized carbons (Fsp3) is 0.733. The minimum absolute atomic E-state index is 0.168. The lowest BCUT2D eigenvalue weighted by atomic mass is 9.90. The van der Waals surface area contributed by atoms with Crippen LogP contribution in [0.2, 0.25) is 0 Å². The Morgan fingerprint density at radius 2 is 2.00 bits per heavy atom. The first-order chi connectivity index (χ1) is 8.84. The summed E-state index contributed by atoms with van der Waals surface area (Å²) in [5, 5.41) is 3.35. The first-order valence-electron chi connectivity index (χ1n) is 6.92. The largest absolute Gasteiger partial charge is 0.385 e. The number of methoxy groups -OCH3 is 1. The Hall–Kier alpha value is -1.16. The van der Waals surface area contributed by atoms with Gasteiger partial charge in [0.15, 0.2) is 0 Å². The third-order valence-corrected chi connectivity index (χ3v) is 3.17. The number of ether oxygens (including phenoxy) is 1. The molecule has 0 bridgehead atoms. The number of aryl methyl sites for hydroxylation is 1. The number of aromatic nitrogens is 2. The van der Waals surface area contributed by atoms with Gasteiger partial charge in [-0.3, -0.25) is 0 Å². The number of hydrogen-bond donors (Lipinski definition) is 1. The molecule has 1 aromatic heterocycles. The third-order valence-electron chi connectivity index (χ3n) is 3.17. The van der Waals surface area contributed by atoms with Crippen LogP contribution in [0.3, 0.4) is 0 Å². The molecule has 1 heterocycles. The van der Waals surface area contributed by atoms with E-state index in [1.807, 2.05) is 13.0 Å². The fourth-order valence-corrected chi connectivity index (χ4v) is 1.75. The van der Waals surface area contributed by atoms with E-state index in [1.54, 1.807) is 7.11 Å². The maximum absolute atomic E-state index is 5.14. The maximum Gasteiger partial charge on any atom is 0.223 e. The first kappa shape index (κ1) is 15.9. The Labute approximate surface area is 117 Å². The molecule has 0 aliphatic carbocycles. The third kappa shape index (κ3) is 5.55. The van der Waals surface area contributed by atoms with E-state index in [0.29, 0.717) is 5.92 Å². The Morgan fingerprint density at radius 1 is 1.32 bits per heavy atom. The summed E-state index contributed by atoms with van der Waals surface area (Å²) in [6.45, 7) is 12.4. The van der Waals surface area contributed by atoms with Gasteiger partial charge in [-0.1, -0.05) is 27.7 Å². The van der Waals surface area contributed by atoms with Gasteiger partial charge in [-0.2, -0.15) is 0 Å². The molecule has 4 heteroatoms. The van der Waals surface area contributed by atoms with E-state index >= 15 is 0 Å². The van der Waals surface area contributed by atoms with Gasteiger partial charge >= 0.3 is 0 Å². The van der Waals surface area contributed by atoms with Gasteiger partial charge in [-0.15, -0.1) is 0 Å². The van der Waals surface area contributed by atoms with Crippen LogP contribution in [-0.4, -0.2) is 30.2 Å². The van der Waals surface area contributed by atoms with E-state index in [1.165, 1.54) is 0 Å². The second kappa shape index (κ2) is 6.85. The number of anilines is 1. The highest BCUT2D eigenvalue weighted by Crippen LogP contribution is 2.21. The normalized spacial score (nSPS) is 11.9. The molecule has 0 unspecified atom stereocenters. The van der Waals surface area contributed by atoms with Crippen LogP contribution in [0.5, 0.6) is 0 Å². The molecule has 0 fully saturated rings. The van der Waals surface area contributed by atoms with Crippen molar-refractivity contribution in [3.05, 3.63) is 17.5 Å². The number of rotatable bonds is 7. The molecule has 0 saturated carbocycles. The van der Waals surface area contributed by atoms with Crippen LogP contribution < -0.4 is 5.32 Å². The second-order valence-electron chi connectivity index (χ2n) is 6.17. The molecule has 0 radical (unpaired) electrons. The smallest absolute Gasteiger partial charge is 0.223 e. The van der Waals surface area contributed by atoms with Crippen molar-refractivity contribution in [2.24, 2.45) is 5.41 Å². The molecule has 0 amide bonds. The topological polar surface area (TPSA) is 47.0 Å². The zero-order valence-electron chi connectivity index (χ0n) is 13.1. The van der Waals surface area contributed by atoms with Crippen molar-refractivity contribution in [2.45, 2.75) is 47.0 Å². The second-order valence-corrected chi connectivity index (χ2v) is 6.17. The highest BCUT2D eigenvalue weighted by atomic mass is 16.5. The summed E-state index contributed by atoms with van der Waals surface area (Å²) in [5.41, 5.74) is 2.27. The van der Waals surface area contributed by atoms with E-state index in [-0.39, 0.29) is 5.41 Å². The highest BCUT2D eigenvalue weighted by Gasteiger charge is 2.18. The van der Waals surface area contributed by atoms with Gasteiger partial charge in [0.1, 0.15) is 0 Å². The lowest BCUT2D eigenvalue weighted by molar-refractivity contribution is 0.157. The summed E-state index contributed by atoms with van der Waals surface area (Å²) in [7, 11) is 1.74. The minimum Gasteiger partial charge on any atom is -0.385 e. The summed E-state index contributed by atoms with van der Waals surface area (Å²) in [6.07, 6.45) is 1.01. The average molecular weight is 265 g/mol. The van der Waals surface area contributed by atoms with Gasteiger partial charge in [0.05, 0.1) is 0 Å². The lowest BCUT2D eigenvalue weighted by Crippen LogP contribution is -2.25. The number of nitrogens with zero attached hydrogens (tertiary/aromatic N) is 2. The molecule has 0 spiro atoms. The van der Waals surface area contributed by atoms with Crippen molar-refractivity contribution in [1.29, 1.82) is 0 Å². The van der Waals surface area contributed by atoms with Crippen LogP contribution in [0.1, 0.15) is 51.4 Å². The predicted molar refractivity (Wildman–Crippen MR) is 79.6 cm³/mol. The van der Waals surface area contributed by atoms with Crippen molar-refractivity contribution in [3.63, 3.8) is 0 Å². The van der Waals surface area contributed by atoms with Crippen LogP contribution in [0.15, 0.2) is 6.07 Å². The maximum atomic E-state index is 5.14. The van der Waals surface area contributed by atoms with Gasteiger partial charge in [-0.05, 0) is 30.7 Å². The zero-order chi connectivity index (χ0) is 14.5. The van der Waals surface area contributed by atoms with E-state index < -0.39 is 0 Å². The summed E-state index contributed by atoms with van der Waals surface area (Å²) < 4.78 is 5.14. The Balaban J connectivity index is 2.67. The molecule has 0 atom stereocenters. The standard InChI is InChI=1S/C15H27N3O/c1-11(2)13-9-12(3)17-14(18-13)16-10-15(4,5)7-8-19-6/h9,11H,7-8,10H2,1-6H3,(H,16,17,18). The lowest BCUT2D eigenvalue weighted by Gasteiger charge is -2.24. The van der Waals surface area contributed by atoms with Crippen molar-refractivity contribution in [3.8, 4) is 0 Å². The Kier molecular flexibility index (Phi) is 5.73. The molecule has 1 aromatic rings. The van der Waals surface area contributed by atoms with Crippen LogP contribution in [0.25, 0.3) is 0 Å². The SMILES string of the molecule is COCCC(C)(C)CNc1nc(C)cc(C(C)C)n1. The molecule has 0 aromatic carbocycles. The molecule has 19 heavy (non-hydrogen) atoms. The van der Waals surface area contributed by atoms with Crippen molar-refractivity contribution >= 4 is 5.95 Å². The summed E-state index contributed by atoms with van der Waals surface area (Å²) in [4.78, 5) is 9.01. The van der Waals surface area contributed by atoms with Crippen LogP contribution in [0, 0.1) is 12.3 Å². The van der Waals surface area contributed by atoms with Gasteiger partial charge in [0.25, 0.3) is 0 Å². The van der Waals surface area contributed by atoms with E-state index in [9.17, 15) is 0 Å². The van der Waals surface area contributed by atoms with Crippen molar-refractivity contribution in [2.75, 3.05) is 25.6 Å². The van der Waals surface area contributed by atoms with E-state index in [0.717, 1.165) is 36.9 Å². The van der Waals surface area contributed by atoms with Crippen molar-refractivity contribution in [1.82, 2.24) is 9.97 Å². The Bertz CT molecular complexity index is 402. The predicted octanol–water partition coefficient (Wildman–Crippen LogP) is 3.38. The molecule has 0 saturated heterocycles. The highest BCUT2D eigenvalue weighted by molar-refractivity contribution is 5.29. The zero-order valence-corrected chi connectivity index (χ0v) is 13.1. The van der Waals surface area contributed by atoms with E-state index in [2.05, 4.69) is 43.0 Å². The molecule has 1 rings (SSSR count). The fourth-order valence-electron chi connectivity index (χ4n) is 1.75. The average Bonchev–Trinajstić information content (AvgIpc) is 2.33. The van der Waals surface area contributed by atoms with Gasteiger partial charge in [0.2, 0.25) is 5.95 Å². The van der Waals surface area contributed by atoms with Crippen LogP contribution >= 0.6 is 0 Å². The molecular formula is C15H27N3O. The van der Waals surface area contributed by atoms with Crippen molar-refractivity contribution < 1.29 is 4.74 Å². The summed E-state index contributed by atoms with van der Waals surface area (Å²) in [6, 6.07) is 2.05. The molecule has 0 aliphatic heterocycles. The van der Waals surface area contributed by atoms with Gasteiger partial charge in [-0.25, -0.2) is 9.97 Å². The van der Waals surface area contributed by atoms with Gasteiger partial charge < -0.3 is 10.1 Å². The number of hydrogen-bond acceptors (Lipinski definition) is 4. The first-order valence-corrected chi connectivity index (χ1v) is 6.92. The minimum atomic E-state index is 0.168. The molecule has 108 valence electrons. The van der Waals surface area contributed by atoms with E-state index in [4.69, 9.17) is 4.74 Å². The summed E-state index contributed by atoms with van der Waals surface area (Å²) >= 11 is 0. The quantitative estimate of drug-likeness (QED) is 0.821. The monoisotopic (exact) mass is 265 g/mol. The molecular weight excluding hydrogens is 238 g/mol.